The van der Waals surface area contributed by atoms with Gasteiger partial charge in [0.05, 0.1) is 11.9 Å². The van der Waals surface area contributed by atoms with Gasteiger partial charge in [-0.05, 0) is 48.7 Å². The number of benzene rings is 2. The third-order valence-corrected chi connectivity index (χ3v) is 4.78. The third kappa shape index (κ3) is 5.90. The molecule has 0 aliphatic heterocycles. The van der Waals surface area contributed by atoms with Crippen LogP contribution in [0.25, 0.3) is 0 Å². The summed E-state index contributed by atoms with van der Waals surface area (Å²) in [5.41, 5.74) is 2.03. The number of amides is 1. The highest BCUT2D eigenvalue weighted by Gasteiger charge is 2.13. The fourth-order valence-corrected chi connectivity index (χ4v) is 3.07. The van der Waals surface area contributed by atoms with Crippen LogP contribution >= 0.6 is 23.4 Å². The van der Waals surface area contributed by atoms with E-state index in [1.165, 1.54) is 11.8 Å². The smallest absolute Gasteiger partial charge is 0.233 e. The predicted molar refractivity (Wildman–Crippen MR) is 95.8 cm³/mol. The minimum atomic E-state index is -0.159. The van der Waals surface area contributed by atoms with Crippen LogP contribution in [0.2, 0.25) is 5.02 Å². The van der Waals surface area contributed by atoms with E-state index in [4.69, 9.17) is 16.7 Å². The number of hydrogen-bond acceptors (Lipinski definition) is 3. The molecule has 0 aliphatic carbocycles. The second-order valence-electron chi connectivity index (χ2n) is 5.23. The van der Waals surface area contributed by atoms with E-state index in [0.717, 1.165) is 22.4 Å². The zero-order valence-electron chi connectivity index (χ0n) is 13.0. The lowest BCUT2D eigenvalue weighted by molar-refractivity contribution is -0.120. The molecular weight excluding hydrogens is 330 g/mol. The Labute approximate surface area is 146 Å². The Kier molecular flexibility index (Phi) is 6.96. The van der Waals surface area contributed by atoms with Crippen molar-refractivity contribution in [2.24, 2.45) is 0 Å². The van der Waals surface area contributed by atoms with E-state index in [2.05, 4.69) is 5.32 Å². The van der Waals surface area contributed by atoms with E-state index in [0.29, 0.717) is 11.6 Å². The van der Waals surface area contributed by atoms with Crippen LogP contribution in [0.1, 0.15) is 18.1 Å². The molecule has 1 amide bonds. The summed E-state index contributed by atoms with van der Waals surface area (Å²) in [5.74, 6) is 0.0249. The fraction of sp³-hybridized carbons (Fsp3) is 0.278. The van der Waals surface area contributed by atoms with E-state index in [1.807, 2.05) is 55.5 Å². The van der Waals surface area contributed by atoms with Gasteiger partial charge in [0, 0.05) is 16.5 Å². The molecule has 23 heavy (non-hydrogen) atoms. The first-order valence-corrected chi connectivity index (χ1v) is 8.73. The van der Waals surface area contributed by atoms with Crippen molar-refractivity contribution >= 4 is 29.3 Å². The van der Waals surface area contributed by atoms with Crippen LogP contribution in [-0.2, 0) is 17.8 Å². The van der Waals surface area contributed by atoms with Crippen molar-refractivity contribution < 1.29 is 9.90 Å². The highest BCUT2D eigenvalue weighted by Crippen LogP contribution is 2.24. The molecule has 1 unspecified atom stereocenters. The molecule has 0 aromatic heterocycles. The number of rotatable bonds is 7. The van der Waals surface area contributed by atoms with Gasteiger partial charge in [-0.2, -0.15) is 0 Å². The standard InChI is InChI=1S/C18H20ClNO2S/c1-13(23-17-8-6-16(19)7-9-17)18(22)20-11-10-14-2-4-15(12-21)5-3-14/h2-9,13,21H,10-12H2,1H3,(H,20,22). The van der Waals surface area contributed by atoms with Crippen LogP contribution in [-0.4, -0.2) is 22.8 Å². The summed E-state index contributed by atoms with van der Waals surface area (Å²) in [6, 6.07) is 15.2. The normalized spacial score (nSPS) is 12.0. The first-order chi connectivity index (χ1) is 11.1. The largest absolute Gasteiger partial charge is 0.392 e. The first kappa shape index (κ1) is 17.9. The molecule has 0 saturated carbocycles. The topological polar surface area (TPSA) is 49.3 Å². The highest BCUT2D eigenvalue weighted by molar-refractivity contribution is 8.00. The minimum absolute atomic E-state index is 0.0249. The molecule has 2 N–H and O–H groups in total. The van der Waals surface area contributed by atoms with Crippen LogP contribution in [0.15, 0.2) is 53.4 Å². The number of thioether (sulfide) groups is 1. The Morgan fingerprint density at radius 1 is 1.13 bits per heavy atom. The first-order valence-electron chi connectivity index (χ1n) is 7.47. The summed E-state index contributed by atoms with van der Waals surface area (Å²) < 4.78 is 0. The number of carbonyl (C=O) groups excluding carboxylic acids is 1. The van der Waals surface area contributed by atoms with Gasteiger partial charge in [-0.3, -0.25) is 4.79 Å². The summed E-state index contributed by atoms with van der Waals surface area (Å²) in [5, 5.41) is 12.5. The maximum absolute atomic E-state index is 12.1. The molecule has 2 rings (SSSR count). The highest BCUT2D eigenvalue weighted by atomic mass is 35.5. The van der Waals surface area contributed by atoms with Gasteiger partial charge in [0.1, 0.15) is 0 Å². The Balaban J connectivity index is 1.75. The zero-order valence-corrected chi connectivity index (χ0v) is 14.5. The Morgan fingerprint density at radius 3 is 2.35 bits per heavy atom. The molecule has 0 spiro atoms. The van der Waals surface area contributed by atoms with E-state index < -0.39 is 0 Å². The van der Waals surface area contributed by atoms with E-state index >= 15 is 0 Å². The van der Waals surface area contributed by atoms with Gasteiger partial charge in [-0.15, -0.1) is 11.8 Å². The van der Waals surface area contributed by atoms with Gasteiger partial charge in [0.2, 0.25) is 5.91 Å². The van der Waals surface area contributed by atoms with Gasteiger partial charge in [0.15, 0.2) is 0 Å². The van der Waals surface area contributed by atoms with Crippen LogP contribution in [0.4, 0.5) is 0 Å². The Morgan fingerprint density at radius 2 is 1.74 bits per heavy atom. The van der Waals surface area contributed by atoms with Crippen molar-refractivity contribution in [3.63, 3.8) is 0 Å². The number of nitrogens with one attached hydrogen (secondary N) is 1. The molecule has 5 heteroatoms. The number of aliphatic hydroxyl groups excluding tert-OH is 1. The van der Waals surface area contributed by atoms with Gasteiger partial charge in [0.25, 0.3) is 0 Å². The average molecular weight is 350 g/mol. The number of aliphatic hydroxyl groups is 1. The minimum Gasteiger partial charge on any atom is -0.392 e. The number of hydrogen-bond donors (Lipinski definition) is 2. The summed E-state index contributed by atoms with van der Waals surface area (Å²) in [4.78, 5) is 13.1. The lowest BCUT2D eigenvalue weighted by Crippen LogP contribution is -2.32. The summed E-state index contributed by atoms with van der Waals surface area (Å²) in [6.45, 7) is 2.55. The van der Waals surface area contributed by atoms with E-state index in [1.54, 1.807) is 0 Å². The lowest BCUT2D eigenvalue weighted by Gasteiger charge is -2.12. The van der Waals surface area contributed by atoms with Crippen LogP contribution in [0.3, 0.4) is 0 Å². The molecule has 0 fully saturated rings. The molecule has 0 heterocycles. The monoisotopic (exact) mass is 349 g/mol. The van der Waals surface area contributed by atoms with Crippen molar-refractivity contribution in [2.75, 3.05) is 6.54 Å². The Hall–Kier alpha value is -1.49. The predicted octanol–water partition coefficient (Wildman–Crippen LogP) is 3.67. The molecule has 3 nitrogen and oxygen atoms in total. The SMILES string of the molecule is CC(Sc1ccc(Cl)cc1)C(=O)NCCc1ccc(CO)cc1. The fourth-order valence-electron chi connectivity index (χ4n) is 2.06. The Bertz CT molecular complexity index is 628. The quantitative estimate of drug-likeness (QED) is 0.750. The van der Waals surface area contributed by atoms with Crippen molar-refractivity contribution in [1.29, 1.82) is 0 Å². The van der Waals surface area contributed by atoms with Gasteiger partial charge in [-0.25, -0.2) is 0 Å². The molecule has 0 saturated heterocycles. The van der Waals surface area contributed by atoms with Crippen LogP contribution in [0.5, 0.6) is 0 Å². The second kappa shape index (κ2) is 8.96. The number of carbonyl (C=O) groups is 1. The molecule has 1 atom stereocenters. The maximum Gasteiger partial charge on any atom is 0.233 e. The van der Waals surface area contributed by atoms with Crippen molar-refractivity contribution in [3.05, 3.63) is 64.7 Å². The molecule has 0 radical (unpaired) electrons. The molecule has 2 aromatic rings. The van der Waals surface area contributed by atoms with E-state index in [-0.39, 0.29) is 17.8 Å². The molecule has 2 aromatic carbocycles. The van der Waals surface area contributed by atoms with Crippen molar-refractivity contribution in [1.82, 2.24) is 5.32 Å². The summed E-state index contributed by atoms with van der Waals surface area (Å²) in [6.07, 6.45) is 0.774. The third-order valence-electron chi connectivity index (χ3n) is 3.41. The van der Waals surface area contributed by atoms with Gasteiger partial charge < -0.3 is 10.4 Å². The average Bonchev–Trinajstić information content (AvgIpc) is 2.57. The van der Waals surface area contributed by atoms with E-state index in [9.17, 15) is 4.79 Å². The van der Waals surface area contributed by atoms with Crippen LogP contribution in [0, 0.1) is 0 Å². The summed E-state index contributed by atoms with van der Waals surface area (Å²) >= 11 is 7.37. The van der Waals surface area contributed by atoms with Crippen LogP contribution < -0.4 is 5.32 Å². The van der Waals surface area contributed by atoms with Crippen molar-refractivity contribution in [2.45, 2.75) is 30.1 Å². The van der Waals surface area contributed by atoms with Gasteiger partial charge in [-0.1, -0.05) is 35.9 Å². The van der Waals surface area contributed by atoms with Gasteiger partial charge >= 0.3 is 0 Å². The zero-order chi connectivity index (χ0) is 16.7. The molecule has 0 aliphatic rings. The lowest BCUT2D eigenvalue weighted by atomic mass is 10.1. The maximum atomic E-state index is 12.1. The van der Waals surface area contributed by atoms with Crippen molar-refractivity contribution in [3.8, 4) is 0 Å². The number of halogens is 1. The summed E-state index contributed by atoms with van der Waals surface area (Å²) in [7, 11) is 0. The second-order valence-corrected chi connectivity index (χ2v) is 7.08. The molecule has 122 valence electrons. The molecule has 0 bridgehead atoms. The molecular formula is C18H20ClNO2S.